The number of phenols is 1. The van der Waals surface area contributed by atoms with Crippen molar-refractivity contribution in [3.63, 3.8) is 0 Å². The molecule has 0 bridgehead atoms. The van der Waals surface area contributed by atoms with E-state index in [1.54, 1.807) is 24.3 Å². The average Bonchev–Trinajstić information content (AvgIpc) is 2.41. The average molecular weight is 305 g/mol. The number of benzene rings is 2. The topological polar surface area (TPSA) is 78.4 Å². The Balaban J connectivity index is 2.19. The van der Waals surface area contributed by atoms with Gasteiger partial charge in [-0.1, -0.05) is 17.7 Å². The SMILES string of the molecule is CC(=O)Nc1cccc(NC(=O)c2cc(O)ccc2Cl)c1. The van der Waals surface area contributed by atoms with Gasteiger partial charge >= 0.3 is 0 Å². The summed E-state index contributed by atoms with van der Waals surface area (Å²) >= 11 is 5.93. The Labute approximate surface area is 126 Å². The van der Waals surface area contributed by atoms with Crippen molar-refractivity contribution in [1.29, 1.82) is 0 Å². The van der Waals surface area contributed by atoms with Gasteiger partial charge in [-0.15, -0.1) is 0 Å². The molecular formula is C15H13ClN2O3. The number of rotatable bonds is 3. The van der Waals surface area contributed by atoms with E-state index < -0.39 is 5.91 Å². The molecule has 0 radical (unpaired) electrons. The zero-order valence-electron chi connectivity index (χ0n) is 11.2. The predicted molar refractivity (Wildman–Crippen MR) is 81.8 cm³/mol. The third-order valence-electron chi connectivity index (χ3n) is 2.64. The molecule has 0 saturated carbocycles. The van der Waals surface area contributed by atoms with Crippen LogP contribution in [0.3, 0.4) is 0 Å². The zero-order chi connectivity index (χ0) is 15.4. The Kier molecular flexibility index (Phi) is 4.45. The van der Waals surface area contributed by atoms with Crippen molar-refractivity contribution in [3.8, 4) is 5.75 Å². The quantitative estimate of drug-likeness (QED) is 0.814. The number of hydrogen-bond donors (Lipinski definition) is 3. The summed E-state index contributed by atoms with van der Waals surface area (Å²) in [6.45, 7) is 1.40. The third kappa shape index (κ3) is 3.97. The normalized spacial score (nSPS) is 10.0. The van der Waals surface area contributed by atoms with Gasteiger partial charge in [0, 0.05) is 18.3 Å². The Morgan fingerprint density at radius 3 is 2.38 bits per heavy atom. The standard InChI is InChI=1S/C15H13ClN2O3/c1-9(19)17-10-3-2-4-11(7-10)18-15(21)13-8-12(20)5-6-14(13)16/h2-8,20H,1H3,(H,17,19)(H,18,21). The summed E-state index contributed by atoms with van der Waals surface area (Å²) in [7, 11) is 0. The summed E-state index contributed by atoms with van der Waals surface area (Å²) in [5, 5.41) is 14.9. The highest BCUT2D eigenvalue weighted by molar-refractivity contribution is 6.34. The van der Waals surface area contributed by atoms with E-state index in [0.717, 1.165) is 0 Å². The van der Waals surface area contributed by atoms with Crippen LogP contribution in [0.2, 0.25) is 5.02 Å². The Bertz CT molecular complexity index is 701. The van der Waals surface area contributed by atoms with Gasteiger partial charge in [-0.2, -0.15) is 0 Å². The molecule has 0 unspecified atom stereocenters. The number of carbonyl (C=O) groups is 2. The Morgan fingerprint density at radius 1 is 1.05 bits per heavy atom. The molecule has 3 N–H and O–H groups in total. The summed E-state index contributed by atoms with van der Waals surface area (Å²) < 4.78 is 0. The smallest absolute Gasteiger partial charge is 0.257 e. The monoisotopic (exact) mass is 304 g/mol. The Hall–Kier alpha value is -2.53. The largest absolute Gasteiger partial charge is 0.508 e. The fraction of sp³-hybridized carbons (Fsp3) is 0.0667. The van der Waals surface area contributed by atoms with Gasteiger partial charge in [0.25, 0.3) is 5.91 Å². The van der Waals surface area contributed by atoms with Gasteiger partial charge in [0.05, 0.1) is 10.6 Å². The summed E-state index contributed by atoms with van der Waals surface area (Å²) in [4.78, 5) is 23.1. The Morgan fingerprint density at radius 2 is 1.71 bits per heavy atom. The van der Waals surface area contributed by atoms with Gasteiger partial charge in [-0.3, -0.25) is 9.59 Å². The third-order valence-corrected chi connectivity index (χ3v) is 2.96. The van der Waals surface area contributed by atoms with Crippen molar-refractivity contribution < 1.29 is 14.7 Å². The maximum absolute atomic E-state index is 12.1. The first-order valence-corrected chi connectivity index (χ1v) is 6.51. The number of carbonyl (C=O) groups excluding carboxylic acids is 2. The van der Waals surface area contributed by atoms with Crippen molar-refractivity contribution in [2.75, 3.05) is 10.6 Å². The van der Waals surface area contributed by atoms with Crippen LogP contribution < -0.4 is 10.6 Å². The first kappa shape index (κ1) is 14.9. The fourth-order valence-corrected chi connectivity index (χ4v) is 1.97. The molecule has 108 valence electrons. The molecule has 0 aliphatic rings. The van der Waals surface area contributed by atoms with E-state index in [4.69, 9.17) is 11.6 Å². The molecule has 2 aromatic carbocycles. The number of anilines is 2. The van der Waals surface area contributed by atoms with E-state index in [2.05, 4.69) is 10.6 Å². The predicted octanol–water partition coefficient (Wildman–Crippen LogP) is 3.26. The van der Waals surface area contributed by atoms with Crippen LogP contribution in [0.15, 0.2) is 42.5 Å². The molecule has 0 aliphatic carbocycles. The van der Waals surface area contributed by atoms with Crippen molar-refractivity contribution in [2.24, 2.45) is 0 Å². The van der Waals surface area contributed by atoms with Crippen LogP contribution in [-0.2, 0) is 4.79 Å². The van der Waals surface area contributed by atoms with Crippen molar-refractivity contribution in [1.82, 2.24) is 0 Å². The van der Waals surface area contributed by atoms with E-state index in [0.29, 0.717) is 11.4 Å². The van der Waals surface area contributed by atoms with Crippen LogP contribution in [0, 0.1) is 0 Å². The lowest BCUT2D eigenvalue weighted by Crippen LogP contribution is -2.13. The summed E-state index contributed by atoms with van der Waals surface area (Å²) in [5.74, 6) is -0.693. The molecule has 0 fully saturated rings. The fourth-order valence-electron chi connectivity index (χ4n) is 1.76. The molecule has 0 atom stereocenters. The molecule has 0 aromatic heterocycles. The molecule has 2 aromatic rings. The molecular weight excluding hydrogens is 292 g/mol. The van der Waals surface area contributed by atoms with E-state index in [1.807, 2.05) is 0 Å². The van der Waals surface area contributed by atoms with Crippen molar-refractivity contribution in [3.05, 3.63) is 53.1 Å². The van der Waals surface area contributed by atoms with Gasteiger partial charge in [0.1, 0.15) is 5.75 Å². The molecule has 0 spiro atoms. The van der Waals surface area contributed by atoms with E-state index in [9.17, 15) is 14.7 Å². The molecule has 0 saturated heterocycles. The highest BCUT2D eigenvalue weighted by atomic mass is 35.5. The van der Waals surface area contributed by atoms with Gasteiger partial charge in [0.15, 0.2) is 0 Å². The molecule has 5 nitrogen and oxygen atoms in total. The van der Waals surface area contributed by atoms with Crippen LogP contribution >= 0.6 is 11.6 Å². The highest BCUT2D eigenvalue weighted by Gasteiger charge is 2.11. The minimum Gasteiger partial charge on any atom is -0.508 e. The van der Waals surface area contributed by atoms with Gasteiger partial charge in [-0.05, 0) is 36.4 Å². The number of phenolic OH excluding ortho intramolecular Hbond substituents is 1. The summed E-state index contributed by atoms with van der Waals surface area (Å²) in [5.41, 5.74) is 1.24. The number of nitrogens with one attached hydrogen (secondary N) is 2. The molecule has 0 aliphatic heterocycles. The lowest BCUT2D eigenvalue weighted by Gasteiger charge is -2.09. The van der Waals surface area contributed by atoms with Crippen molar-refractivity contribution in [2.45, 2.75) is 6.92 Å². The summed E-state index contributed by atoms with van der Waals surface area (Å²) in [6.07, 6.45) is 0. The lowest BCUT2D eigenvalue weighted by molar-refractivity contribution is -0.114. The minimum atomic E-state index is -0.448. The van der Waals surface area contributed by atoms with Gasteiger partial charge < -0.3 is 15.7 Å². The number of aromatic hydroxyl groups is 1. The summed E-state index contributed by atoms with van der Waals surface area (Å²) in [6, 6.07) is 10.8. The minimum absolute atomic E-state index is 0.0449. The van der Waals surface area contributed by atoms with Crippen LogP contribution in [0.1, 0.15) is 17.3 Å². The van der Waals surface area contributed by atoms with E-state index in [1.165, 1.54) is 25.1 Å². The highest BCUT2D eigenvalue weighted by Crippen LogP contribution is 2.23. The van der Waals surface area contributed by atoms with Crippen LogP contribution in [0.4, 0.5) is 11.4 Å². The second-order valence-electron chi connectivity index (χ2n) is 4.38. The van der Waals surface area contributed by atoms with Gasteiger partial charge in [0.2, 0.25) is 5.91 Å². The molecule has 21 heavy (non-hydrogen) atoms. The lowest BCUT2D eigenvalue weighted by atomic mass is 10.2. The number of hydrogen-bond acceptors (Lipinski definition) is 3. The number of amides is 2. The maximum Gasteiger partial charge on any atom is 0.257 e. The first-order chi connectivity index (χ1) is 9.95. The van der Waals surface area contributed by atoms with Gasteiger partial charge in [-0.25, -0.2) is 0 Å². The number of halogens is 1. The zero-order valence-corrected chi connectivity index (χ0v) is 11.9. The van der Waals surface area contributed by atoms with E-state index >= 15 is 0 Å². The van der Waals surface area contributed by atoms with E-state index in [-0.39, 0.29) is 22.2 Å². The first-order valence-electron chi connectivity index (χ1n) is 6.13. The van der Waals surface area contributed by atoms with Crippen LogP contribution in [-0.4, -0.2) is 16.9 Å². The molecule has 2 amide bonds. The van der Waals surface area contributed by atoms with Crippen molar-refractivity contribution >= 4 is 34.8 Å². The maximum atomic E-state index is 12.1. The molecule has 2 rings (SSSR count). The van der Waals surface area contributed by atoms with Crippen LogP contribution in [0.5, 0.6) is 5.75 Å². The second-order valence-corrected chi connectivity index (χ2v) is 4.79. The second kappa shape index (κ2) is 6.28. The molecule has 6 heteroatoms. The molecule has 0 heterocycles. The van der Waals surface area contributed by atoms with Crippen LogP contribution in [0.25, 0.3) is 0 Å².